The number of carbonyl (C=O) groups is 2. The number of nitrogens with one attached hydrogen (secondary N) is 1. The quantitative estimate of drug-likeness (QED) is 0.609. The van der Waals surface area contributed by atoms with Gasteiger partial charge in [-0.3, -0.25) is 19.7 Å². The predicted molar refractivity (Wildman–Crippen MR) is 106 cm³/mol. The summed E-state index contributed by atoms with van der Waals surface area (Å²) in [7, 11) is 0. The molecule has 0 saturated heterocycles. The number of nitro benzene ring substituents is 1. The Labute approximate surface area is 160 Å². The lowest BCUT2D eigenvalue weighted by atomic mass is 10.1. The predicted octanol–water partition coefficient (Wildman–Crippen LogP) is 3.16. The van der Waals surface area contributed by atoms with E-state index in [1.807, 2.05) is 31.2 Å². The van der Waals surface area contributed by atoms with Crippen LogP contribution in [0.25, 0.3) is 0 Å². The Hall–Kier alpha value is -2.87. The number of rotatable bonds is 6. The average Bonchev–Trinajstić information content (AvgIpc) is 3.04. The molecule has 2 aromatic carbocycles. The maximum Gasteiger partial charge on any atom is 0.271 e. The number of amides is 2. The topological polar surface area (TPSA) is 92.6 Å². The van der Waals surface area contributed by atoms with Crippen LogP contribution in [0.15, 0.2) is 42.5 Å². The maximum atomic E-state index is 12.5. The van der Waals surface area contributed by atoms with Crippen molar-refractivity contribution in [2.24, 2.45) is 0 Å². The first-order valence-corrected chi connectivity index (χ1v) is 9.61. The van der Waals surface area contributed by atoms with E-state index in [0.29, 0.717) is 18.7 Å². The van der Waals surface area contributed by atoms with E-state index in [-0.39, 0.29) is 29.0 Å². The van der Waals surface area contributed by atoms with Gasteiger partial charge < -0.3 is 10.2 Å². The van der Waals surface area contributed by atoms with Crippen molar-refractivity contribution in [3.8, 4) is 0 Å². The molecule has 0 aromatic heterocycles. The summed E-state index contributed by atoms with van der Waals surface area (Å²) in [6.45, 7) is 2.45. The first-order valence-electron chi connectivity index (χ1n) is 8.46. The summed E-state index contributed by atoms with van der Waals surface area (Å²) in [4.78, 5) is 36.5. The van der Waals surface area contributed by atoms with Crippen LogP contribution in [0, 0.1) is 17.0 Å². The summed E-state index contributed by atoms with van der Waals surface area (Å²) in [5, 5.41) is 13.8. The van der Waals surface area contributed by atoms with Crippen LogP contribution in [0.1, 0.15) is 11.1 Å². The second-order valence-electron chi connectivity index (χ2n) is 6.28. The minimum absolute atomic E-state index is 0.0290. The Balaban J connectivity index is 1.53. The molecule has 0 unspecified atom stereocenters. The van der Waals surface area contributed by atoms with Crippen molar-refractivity contribution < 1.29 is 14.5 Å². The van der Waals surface area contributed by atoms with Crippen LogP contribution in [0.2, 0.25) is 0 Å². The van der Waals surface area contributed by atoms with Gasteiger partial charge in [0.05, 0.1) is 22.1 Å². The lowest BCUT2D eigenvalue weighted by Crippen LogP contribution is -2.31. The summed E-state index contributed by atoms with van der Waals surface area (Å²) in [6.07, 6.45) is 0.678. The molecule has 7 nitrogen and oxygen atoms in total. The van der Waals surface area contributed by atoms with Crippen molar-refractivity contribution in [3.05, 3.63) is 63.7 Å². The van der Waals surface area contributed by atoms with Crippen molar-refractivity contribution in [3.63, 3.8) is 0 Å². The molecule has 0 fully saturated rings. The average molecular weight is 385 g/mol. The zero-order chi connectivity index (χ0) is 19.4. The lowest BCUT2D eigenvalue weighted by molar-refractivity contribution is -0.384. The minimum atomic E-state index is -0.467. The highest BCUT2D eigenvalue weighted by Crippen LogP contribution is 2.32. The molecule has 3 rings (SSSR count). The third kappa shape index (κ3) is 4.65. The molecule has 1 N–H and O–H groups in total. The van der Waals surface area contributed by atoms with Crippen LogP contribution in [-0.4, -0.2) is 34.8 Å². The minimum Gasteiger partial charge on any atom is -0.325 e. The fourth-order valence-electron chi connectivity index (χ4n) is 2.97. The number of hydrogen-bond donors (Lipinski definition) is 1. The van der Waals surface area contributed by atoms with Gasteiger partial charge in [-0.25, -0.2) is 0 Å². The van der Waals surface area contributed by atoms with Gasteiger partial charge >= 0.3 is 0 Å². The Kier molecular flexibility index (Phi) is 5.75. The molecule has 0 aliphatic carbocycles. The molecule has 2 amide bonds. The monoisotopic (exact) mass is 385 g/mol. The fourth-order valence-corrected chi connectivity index (χ4v) is 3.66. The summed E-state index contributed by atoms with van der Waals surface area (Å²) < 4.78 is 0. The first kappa shape index (κ1) is 18.9. The van der Waals surface area contributed by atoms with E-state index >= 15 is 0 Å². The van der Waals surface area contributed by atoms with Crippen molar-refractivity contribution in [1.82, 2.24) is 0 Å². The van der Waals surface area contributed by atoms with Crippen molar-refractivity contribution in [1.29, 1.82) is 0 Å². The number of thioether (sulfide) groups is 1. The van der Waals surface area contributed by atoms with E-state index in [2.05, 4.69) is 5.32 Å². The van der Waals surface area contributed by atoms with Crippen LogP contribution < -0.4 is 10.2 Å². The standard InChI is InChI=1S/C19H19N3O4S/c1-13-3-2-4-15(9-13)20-18(23)11-27-12-19(24)21-8-7-14-5-6-16(22(25)26)10-17(14)21/h2-6,9-10H,7-8,11-12H2,1H3,(H,20,23). The van der Waals surface area contributed by atoms with E-state index in [0.717, 1.165) is 16.8 Å². The van der Waals surface area contributed by atoms with E-state index in [1.54, 1.807) is 11.0 Å². The van der Waals surface area contributed by atoms with Gasteiger partial charge in [-0.2, -0.15) is 0 Å². The Morgan fingerprint density at radius 2 is 2.04 bits per heavy atom. The second-order valence-corrected chi connectivity index (χ2v) is 7.26. The summed E-state index contributed by atoms with van der Waals surface area (Å²) in [6, 6.07) is 12.1. The highest BCUT2D eigenvalue weighted by Gasteiger charge is 2.26. The number of anilines is 2. The largest absolute Gasteiger partial charge is 0.325 e. The highest BCUT2D eigenvalue weighted by atomic mass is 32.2. The van der Waals surface area contributed by atoms with Crippen molar-refractivity contribution >= 4 is 40.6 Å². The van der Waals surface area contributed by atoms with Crippen LogP contribution in [0.3, 0.4) is 0 Å². The van der Waals surface area contributed by atoms with Gasteiger partial charge in [0.1, 0.15) is 0 Å². The number of carbonyl (C=O) groups excluding carboxylic acids is 2. The number of fused-ring (bicyclic) bond motifs is 1. The molecule has 1 aliphatic heterocycles. The Bertz CT molecular complexity index is 900. The Morgan fingerprint density at radius 1 is 1.22 bits per heavy atom. The first-order chi connectivity index (χ1) is 12.9. The van der Waals surface area contributed by atoms with Gasteiger partial charge in [-0.05, 0) is 36.6 Å². The summed E-state index contributed by atoms with van der Waals surface area (Å²) in [5.41, 5.74) is 3.28. The van der Waals surface area contributed by atoms with E-state index in [9.17, 15) is 19.7 Å². The van der Waals surface area contributed by atoms with Crippen molar-refractivity contribution in [2.75, 3.05) is 28.3 Å². The lowest BCUT2D eigenvalue weighted by Gasteiger charge is -2.17. The van der Waals surface area contributed by atoms with Gasteiger partial charge in [-0.1, -0.05) is 18.2 Å². The molecule has 2 aromatic rings. The highest BCUT2D eigenvalue weighted by molar-refractivity contribution is 8.00. The molecule has 27 heavy (non-hydrogen) atoms. The number of hydrogen-bond acceptors (Lipinski definition) is 5. The van der Waals surface area contributed by atoms with Gasteiger partial charge in [0.15, 0.2) is 0 Å². The van der Waals surface area contributed by atoms with Gasteiger partial charge in [0, 0.05) is 24.4 Å². The molecular weight excluding hydrogens is 366 g/mol. The molecular formula is C19H19N3O4S. The summed E-state index contributed by atoms with van der Waals surface area (Å²) in [5.74, 6) is -0.0166. The molecule has 0 saturated carbocycles. The molecule has 0 atom stereocenters. The number of non-ortho nitro benzene ring substituents is 1. The SMILES string of the molecule is Cc1cccc(NC(=O)CSCC(=O)N2CCc3ccc([N+](=O)[O-])cc32)c1. The zero-order valence-corrected chi connectivity index (χ0v) is 15.6. The molecule has 8 heteroatoms. The second kappa shape index (κ2) is 8.22. The van der Waals surface area contributed by atoms with E-state index in [1.165, 1.54) is 23.9 Å². The molecule has 140 valence electrons. The smallest absolute Gasteiger partial charge is 0.271 e. The van der Waals surface area contributed by atoms with E-state index in [4.69, 9.17) is 0 Å². The maximum absolute atomic E-state index is 12.5. The molecule has 1 heterocycles. The molecule has 0 radical (unpaired) electrons. The van der Waals surface area contributed by atoms with Crippen molar-refractivity contribution in [2.45, 2.75) is 13.3 Å². The Morgan fingerprint density at radius 3 is 2.78 bits per heavy atom. The van der Waals surface area contributed by atoms with Gasteiger partial charge in [-0.15, -0.1) is 11.8 Å². The zero-order valence-electron chi connectivity index (χ0n) is 14.8. The van der Waals surface area contributed by atoms with Crippen LogP contribution in [0.4, 0.5) is 17.1 Å². The van der Waals surface area contributed by atoms with Gasteiger partial charge in [0.25, 0.3) is 5.69 Å². The van der Waals surface area contributed by atoms with Crippen LogP contribution in [0.5, 0.6) is 0 Å². The van der Waals surface area contributed by atoms with Gasteiger partial charge in [0.2, 0.25) is 11.8 Å². The van der Waals surface area contributed by atoms with Crippen LogP contribution in [-0.2, 0) is 16.0 Å². The third-order valence-corrected chi connectivity index (χ3v) is 5.15. The van der Waals surface area contributed by atoms with Crippen LogP contribution >= 0.6 is 11.8 Å². The normalized spacial score (nSPS) is 12.6. The summed E-state index contributed by atoms with van der Waals surface area (Å²) >= 11 is 1.23. The number of nitrogens with zero attached hydrogens (tertiary/aromatic N) is 2. The third-order valence-electron chi connectivity index (χ3n) is 4.24. The fraction of sp³-hybridized carbons (Fsp3) is 0.263. The van der Waals surface area contributed by atoms with E-state index < -0.39 is 4.92 Å². The number of nitro groups is 1. The molecule has 1 aliphatic rings. The number of benzene rings is 2. The number of aryl methyl sites for hydroxylation is 1. The molecule has 0 spiro atoms. The molecule has 0 bridgehead atoms.